The van der Waals surface area contributed by atoms with E-state index >= 15 is 0 Å². The molecule has 2 saturated heterocycles. The van der Waals surface area contributed by atoms with E-state index in [0.717, 1.165) is 25.1 Å². The highest BCUT2D eigenvalue weighted by molar-refractivity contribution is 5.91. The Kier molecular flexibility index (Phi) is 7.28. The second-order valence-electron chi connectivity index (χ2n) is 8.92. The summed E-state index contributed by atoms with van der Waals surface area (Å²) in [6.07, 6.45) is 3.34. The van der Waals surface area contributed by atoms with Gasteiger partial charge in [0.2, 0.25) is 5.75 Å². The molecule has 7 heteroatoms. The fraction of sp³-hybridized carbons (Fsp3) is 0.500. The number of carbonyl (C=O) groups is 1. The highest BCUT2D eigenvalue weighted by Gasteiger charge is 2.41. The second-order valence-corrected chi connectivity index (χ2v) is 8.92. The van der Waals surface area contributed by atoms with Gasteiger partial charge in [0.25, 0.3) is 0 Å². The summed E-state index contributed by atoms with van der Waals surface area (Å²) >= 11 is 0. The summed E-state index contributed by atoms with van der Waals surface area (Å²) in [7, 11) is 6.30. The molecule has 2 aliphatic heterocycles. The predicted molar refractivity (Wildman–Crippen MR) is 124 cm³/mol. The molecule has 4 rings (SSSR count). The number of fused-ring (bicyclic) bond motifs is 1. The molecular formula is C26H34NO6+. The first-order valence-corrected chi connectivity index (χ1v) is 11.5. The molecule has 0 bridgehead atoms. The molecule has 1 N–H and O–H groups in total. The summed E-state index contributed by atoms with van der Waals surface area (Å²) in [5.74, 6) is 2.84. The zero-order valence-electron chi connectivity index (χ0n) is 19.9. The second kappa shape index (κ2) is 10.3. The van der Waals surface area contributed by atoms with Crippen LogP contribution in [0.15, 0.2) is 36.4 Å². The van der Waals surface area contributed by atoms with Crippen LogP contribution in [-0.2, 0) is 4.74 Å². The van der Waals surface area contributed by atoms with Gasteiger partial charge in [0.05, 0.1) is 59.7 Å². The molecule has 2 aliphatic rings. The first-order valence-electron chi connectivity index (χ1n) is 11.5. The fourth-order valence-corrected chi connectivity index (χ4v) is 5.31. The van der Waals surface area contributed by atoms with Crippen LogP contribution in [0.2, 0.25) is 0 Å². The number of carbonyl (C=O) groups excluding carboxylic acids is 1. The zero-order valence-corrected chi connectivity index (χ0v) is 19.9. The summed E-state index contributed by atoms with van der Waals surface area (Å²) in [6.45, 7) is 2.74. The van der Waals surface area contributed by atoms with Crippen LogP contribution in [0, 0.1) is 5.92 Å². The van der Waals surface area contributed by atoms with E-state index in [-0.39, 0.29) is 5.97 Å². The number of methoxy groups -OCH3 is 4. The molecule has 0 radical (unpaired) electrons. The average Bonchev–Trinajstić information content (AvgIpc) is 3.29. The smallest absolute Gasteiger partial charge is 0.338 e. The minimum Gasteiger partial charge on any atom is -0.497 e. The molecule has 0 aromatic heterocycles. The highest BCUT2D eigenvalue weighted by Crippen LogP contribution is 2.38. The van der Waals surface area contributed by atoms with E-state index < -0.39 is 0 Å². The largest absolute Gasteiger partial charge is 0.497 e. The Bertz CT molecular complexity index is 935. The molecule has 0 saturated carbocycles. The van der Waals surface area contributed by atoms with Gasteiger partial charge in [-0.1, -0.05) is 12.1 Å². The van der Waals surface area contributed by atoms with Crippen LogP contribution in [0.3, 0.4) is 0 Å². The molecule has 178 valence electrons. The summed E-state index contributed by atoms with van der Waals surface area (Å²) < 4.78 is 27.0. The predicted octanol–water partition coefficient (Wildman–Crippen LogP) is 2.73. The third-order valence-electron chi connectivity index (χ3n) is 7.08. The van der Waals surface area contributed by atoms with Crippen molar-refractivity contribution in [3.05, 3.63) is 47.5 Å². The van der Waals surface area contributed by atoms with Crippen molar-refractivity contribution in [3.8, 4) is 23.0 Å². The van der Waals surface area contributed by atoms with E-state index in [2.05, 4.69) is 12.1 Å². The Labute approximate surface area is 195 Å². The number of nitrogens with one attached hydrogen (secondary N) is 1. The summed E-state index contributed by atoms with van der Waals surface area (Å²) in [5, 5.41) is 0. The molecule has 1 unspecified atom stereocenters. The third-order valence-corrected chi connectivity index (χ3v) is 7.08. The molecule has 4 atom stereocenters. The minimum absolute atomic E-state index is 0.369. The van der Waals surface area contributed by atoms with Crippen LogP contribution in [0.5, 0.6) is 23.0 Å². The van der Waals surface area contributed by atoms with Crippen LogP contribution in [0.1, 0.15) is 41.1 Å². The maximum absolute atomic E-state index is 12.8. The Morgan fingerprint density at radius 3 is 2.24 bits per heavy atom. The van der Waals surface area contributed by atoms with Gasteiger partial charge in [-0.3, -0.25) is 0 Å². The molecular weight excluding hydrogens is 422 g/mol. The van der Waals surface area contributed by atoms with E-state index in [1.807, 2.05) is 12.1 Å². The minimum atomic E-state index is -0.369. The standard InChI is InChI=1S/C26H33NO6/c1-29-22-7-5-18(6-8-22)20-12-21-11-17(9-10-27(21)15-20)16-33-26(28)19-13-23(30-2)25(32-4)24(14-19)31-3/h5-8,13-14,17,20-21H,9-12,15-16H2,1-4H3/p+1/t17-,20+,21+/m1/s1. The van der Waals surface area contributed by atoms with Gasteiger partial charge in [0, 0.05) is 31.1 Å². The molecule has 0 amide bonds. The van der Waals surface area contributed by atoms with Gasteiger partial charge in [0.15, 0.2) is 11.5 Å². The number of piperidine rings is 1. The quantitative estimate of drug-likeness (QED) is 0.616. The van der Waals surface area contributed by atoms with Crippen LogP contribution in [-0.4, -0.2) is 60.1 Å². The third kappa shape index (κ3) is 5.03. The monoisotopic (exact) mass is 456 g/mol. The molecule has 2 aromatic rings. The van der Waals surface area contributed by atoms with Crippen molar-refractivity contribution in [1.82, 2.24) is 0 Å². The van der Waals surface area contributed by atoms with Crippen molar-refractivity contribution in [2.75, 3.05) is 48.1 Å². The van der Waals surface area contributed by atoms with Crippen LogP contribution in [0.4, 0.5) is 0 Å². The lowest BCUT2D eigenvalue weighted by atomic mass is 9.89. The van der Waals surface area contributed by atoms with Crippen LogP contribution < -0.4 is 23.8 Å². The Balaban J connectivity index is 1.33. The van der Waals surface area contributed by atoms with E-state index in [9.17, 15) is 4.79 Å². The van der Waals surface area contributed by atoms with Gasteiger partial charge in [-0.05, 0) is 29.8 Å². The van der Waals surface area contributed by atoms with Crippen molar-refractivity contribution < 1.29 is 33.4 Å². The number of quaternary nitrogens is 1. The zero-order chi connectivity index (χ0) is 23.4. The number of rotatable bonds is 8. The number of hydrogen-bond acceptors (Lipinski definition) is 6. The number of ether oxygens (including phenoxy) is 5. The first kappa shape index (κ1) is 23.2. The molecule has 2 aromatic carbocycles. The van der Waals surface area contributed by atoms with E-state index in [1.165, 1.54) is 39.9 Å². The normalized spacial score (nSPS) is 24.0. The molecule has 2 fully saturated rings. The van der Waals surface area contributed by atoms with Gasteiger partial charge in [-0.25, -0.2) is 4.79 Å². The van der Waals surface area contributed by atoms with Crippen molar-refractivity contribution in [2.24, 2.45) is 5.92 Å². The molecule has 0 spiro atoms. The van der Waals surface area contributed by atoms with Crippen molar-refractivity contribution in [2.45, 2.75) is 31.2 Å². The average molecular weight is 457 g/mol. The highest BCUT2D eigenvalue weighted by atomic mass is 16.5. The fourth-order valence-electron chi connectivity index (χ4n) is 5.31. The lowest BCUT2D eigenvalue weighted by Gasteiger charge is -2.31. The van der Waals surface area contributed by atoms with E-state index in [1.54, 1.807) is 24.1 Å². The summed E-state index contributed by atoms with van der Waals surface area (Å²) in [4.78, 5) is 14.4. The Hall–Kier alpha value is -2.93. The molecule has 0 aliphatic carbocycles. The van der Waals surface area contributed by atoms with E-state index in [4.69, 9.17) is 23.7 Å². The van der Waals surface area contributed by atoms with Crippen molar-refractivity contribution in [3.63, 3.8) is 0 Å². The maximum atomic E-state index is 12.8. The van der Waals surface area contributed by atoms with Crippen molar-refractivity contribution >= 4 is 5.97 Å². The van der Waals surface area contributed by atoms with Crippen molar-refractivity contribution in [1.29, 1.82) is 0 Å². The van der Waals surface area contributed by atoms with Gasteiger partial charge in [-0.15, -0.1) is 0 Å². The topological polar surface area (TPSA) is 67.7 Å². The van der Waals surface area contributed by atoms with Gasteiger partial charge in [0.1, 0.15) is 5.75 Å². The van der Waals surface area contributed by atoms with Gasteiger partial charge in [-0.2, -0.15) is 0 Å². The SMILES string of the molecule is COc1ccc([C@H]2C[C@@H]3C[C@H](COC(=O)c4cc(OC)c(OC)c(OC)c4)CC[NH+]3C2)cc1. The lowest BCUT2D eigenvalue weighted by Crippen LogP contribution is -3.14. The summed E-state index contributed by atoms with van der Waals surface area (Å²) in [6, 6.07) is 12.4. The van der Waals surface area contributed by atoms with Gasteiger partial charge < -0.3 is 28.6 Å². The van der Waals surface area contributed by atoms with E-state index in [0.29, 0.717) is 47.3 Å². The maximum Gasteiger partial charge on any atom is 0.338 e. The van der Waals surface area contributed by atoms with Crippen LogP contribution in [0.25, 0.3) is 0 Å². The number of benzene rings is 2. The summed E-state index contributed by atoms with van der Waals surface area (Å²) in [5.41, 5.74) is 1.79. The molecule has 33 heavy (non-hydrogen) atoms. The van der Waals surface area contributed by atoms with Crippen LogP contribution >= 0.6 is 0 Å². The lowest BCUT2D eigenvalue weighted by molar-refractivity contribution is -0.919. The number of hydrogen-bond donors (Lipinski definition) is 1. The molecule has 2 heterocycles. The Morgan fingerprint density at radius 1 is 0.939 bits per heavy atom. The number of esters is 1. The first-order chi connectivity index (χ1) is 16.1. The van der Waals surface area contributed by atoms with Gasteiger partial charge >= 0.3 is 5.97 Å². The molecule has 7 nitrogen and oxygen atoms in total. The Morgan fingerprint density at radius 2 is 1.64 bits per heavy atom.